The number of hydrogen-bond acceptors (Lipinski definition) is 2. The molecule has 2 N–H and O–H groups in total. The molecule has 1 atom stereocenters. The minimum atomic E-state index is -0.531. The average molecular weight is 268 g/mol. The van der Waals surface area contributed by atoms with Gasteiger partial charge >= 0.3 is 0 Å². The molecule has 0 saturated carbocycles. The predicted molar refractivity (Wildman–Crippen MR) is 72.7 cm³/mol. The van der Waals surface area contributed by atoms with E-state index in [4.69, 9.17) is 5.73 Å². The monoisotopic (exact) mass is 268 g/mol. The minimum absolute atomic E-state index is 0.0805. The summed E-state index contributed by atoms with van der Waals surface area (Å²) in [4.78, 5) is 2.25. The van der Waals surface area contributed by atoms with E-state index in [9.17, 15) is 8.78 Å². The lowest BCUT2D eigenvalue weighted by molar-refractivity contribution is 0.133. The molecule has 1 aromatic carbocycles. The Morgan fingerprint density at radius 1 is 1.21 bits per heavy atom. The molecule has 1 aromatic rings. The molecule has 1 unspecified atom stereocenters. The van der Waals surface area contributed by atoms with Gasteiger partial charge in [0.2, 0.25) is 0 Å². The molecule has 0 aliphatic carbocycles. The van der Waals surface area contributed by atoms with Crippen LogP contribution in [0, 0.1) is 17.6 Å². The second kappa shape index (κ2) is 6.44. The van der Waals surface area contributed by atoms with Crippen molar-refractivity contribution in [1.29, 1.82) is 0 Å². The number of nitrogens with zero attached hydrogens (tertiary/aromatic N) is 1. The summed E-state index contributed by atoms with van der Waals surface area (Å²) in [6.07, 6.45) is 3.49. The zero-order chi connectivity index (χ0) is 13.8. The van der Waals surface area contributed by atoms with Crippen molar-refractivity contribution in [3.8, 4) is 0 Å². The van der Waals surface area contributed by atoms with Crippen molar-refractivity contribution in [2.24, 2.45) is 11.7 Å². The summed E-state index contributed by atoms with van der Waals surface area (Å²) < 4.78 is 26.6. The Hall–Kier alpha value is -1.00. The van der Waals surface area contributed by atoms with Gasteiger partial charge in [0.05, 0.1) is 0 Å². The molecule has 0 amide bonds. The second-order valence-electron chi connectivity index (χ2n) is 5.34. The highest BCUT2D eigenvalue weighted by Crippen LogP contribution is 2.28. The van der Waals surface area contributed by atoms with Gasteiger partial charge in [-0.3, -0.25) is 4.90 Å². The summed E-state index contributed by atoms with van der Waals surface area (Å²) in [6, 6.07) is 3.61. The van der Waals surface area contributed by atoms with Crippen LogP contribution in [0.4, 0.5) is 8.78 Å². The van der Waals surface area contributed by atoms with Crippen LogP contribution in [0.5, 0.6) is 0 Å². The smallest absolute Gasteiger partial charge is 0.126 e. The van der Waals surface area contributed by atoms with E-state index in [1.165, 1.54) is 18.6 Å². The summed E-state index contributed by atoms with van der Waals surface area (Å²) in [7, 11) is 0. The largest absolute Gasteiger partial charge is 0.329 e. The number of halogens is 2. The number of piperidine rings is 1. The van der Waals surface area contributed by atoms with Crippen LogP contribution in [0.25, 0.3) is 0 Å². The molecular formula is C15H22F2N2. The Morgan fingerprint density at radius 2 is 1.79 bits per heavy atom. The van der Waals surface area contributed by atoms with Crippen molar-refractivity contribution < 1.29 is 8.78 Å². The van der Waals surface area contributed by atoms with Crippen LogP contribution in [0.1, 0.15) is 37.8 Å². The van der Waals surface area contributed by atoms with Crippen LogP contribution in [-0.4, -0.2) is 24.5 Å². The van der Waals surface area contributed by atoms with Gasteiger partial charge in [-0.15, -0.1) is 0 Å². The van der Waals surface area contributed by atoms with Gasteiger partial charge in [0, 0.05) is 18.7 Å². The first-order chi connectivity index (χ1) is 9.13. The fourth-order valence-corrected chi connectivity index (χ4v) is 2.94. The van der Waals surface area contributed by atoms with Crippen LogP contribution in [0.2, 0.25) is 0 Å². The fourth-order valence-electron chi connectivity index (χ4n) is 2.94. The molecule has 4 heteroatoms. The Labute approximate surface area is 113 Å². The fraction of sp³-hybridized carbons (Fsp3) is 0.600. The molecule has 0 aromatic heterocycles. The first kappa shape index (κ1) is 14.4. The van der Waals surface area contributed by atoms with E-state index in [0.29, 0.717) is 12.1 Å². The Bertz CT molecular complexity index is 394. The van der Waals surface area contributed by atoms with E-state index < -0.39 is 11.6 Å². The van der Waals surface area contributed by atoms with Gasteiger partial charge in [-0.2, -0.15) is 0 Å². The number of benzene rings is 1. The van der Waals surface area contributed by atoms with Gasteiger partial charge in [0.1, 0.15) is 11.6 Å². The summed E-state index contributed by atoms with van der Waals surface area (Å²) >= 11 is 0. The summed E-state index contributed by atoms with van der Waals surface area (Å²) in [6.45, 7) is 4.51. The molecule has 0 spiro atoms. The highest BCUT2D eigenvalue weighted by molar-refractivity contribution is 5.22. The van der Waals surface area contributed by atoms with Gasteiger partial charge in [-0.25, -0.2) is 8.78 Å². The summed E-state index contributed by atoms with van der Waals surface area (Å²) in [5.74, 6) is -0.285. The Balaban J connectivity index is 2.11. The predicted octanol–water partition coefficient (Wildman–Crippen LogP) is 3.09. The van der Waals surface area contributed by atoms with Crippen LogP contribution >= 0.6 is 0 Å². The van der Waals surface area contributed by atoms with Crippen molar-refractivity contribution in [1.82, 2.24) is 4.90 Å². The molecule has 0 bridgehead atoms. The highest BCUT2D eigenvalue weighted by atomic mass is 19.1. The van der Waals surface area contributed by atoms with Crippen LogP contribution in [-0.2, 0) is 0 Å². The van der Waals surface area contributed by atoms with Crippen molar-refractivity contribution in [2.45, 2.75) is 32.2 Å². The van der Waals surface area contributed by atoms with Gasteiger partial charge < -0.3 is 5.73 Å². The number of hydrogen-bond donors (Lipinski definition) is 1. The lowest BCUT2D eigenvalue weighted by Crippen LogP contribution is -2.39. The third-order valence-corrected chi connectivity index (χ3v) is 4.16. The molecule has 1 saturated heterocycles. The van der Waals surface area contributed by atoms with E-state index in [1.54, 1.807) is 0 Å². The van der Waals surface area contributed by atoms with Gasteiger partial charge in [-0.05, 0) is 49.5 Å². The highest BCUT2D eigenvalue weighted by Gasteiger charge is 2.25. The van der Waals surface area contributed by atoms with Gasteiger partial charge in [-0.1, -0.05) is 13.3 Å². The van der Waals surface area contributed by atoms with Crippen molar-refractivity contribution in [3.63, 3.8) is 0 Å². The molecule has 19 heavy (non-hydrogen) atoms. The molecule has 1 fully saturated rings. The third kappa shape index (κ3) is 3.51. The normalized spacial score (nSPS) is 19.6. The summed E-state index contributed by atoms with van der Waals surface area (Å²) in [5, 5.41) is 0. The molecule has 1 aliphatic rings. The van der Waals surface area contributed by atoms with E-state index in [2.05, 4.69) is 11.8 Å². The number of likely N-dealkylation sites (tertiary alicyclic amines) is 1. The van der Waals surface area contributed by atoms with Crippen LogP contribution in [0.3, 0.4) is 0 Å². The Morgan fingerprint density at radius 3 is 2.26 bits per heavy atom. The first-order valence-corrected chi connectivity index (χ1v) is 7.04. The number of rotatable bonds is 4. The molecule has 2 rings (SSSR count). The van der Waals surface area contributed by atoms with Crippen LogP contribution in [0.15, 0.2) is 18.2 Å². The molecule has 106 valence electrons. The minimum Gasteiger partial charge on any atom is -0.329 e. The Kier molecular flexibility index (Phi) is 4.88. The van der Waals surface area contributed by atoms with E-state index in [-0.39, 0.29) is 6.04 Å². The van der Waals surface area contributed by atoms with E-state index >= 15 is 0 Å². The zero-order valence-electron chi connectivity index (χ0n) is 11.4. The maximum absolute atomic E-state index is 13.3. The molecular weight excluding hydrogens is 246 g/mol. The van der Waals surface area contributed by atoms with E-state index in [0.717, 1.165) is 37.9 Å². The van der Waals surface area contributed by atoms with Crippen molar-refractivity contribution in [2.75, 3.05) is 19.6 Å². The van der Waals surface area contributed by atoms with Crippen molar-refractivity contribution in [3.05, 3.63) is 35.4 Å². The van der Waals surface area contributed by atoms with Gasteiger partial charge in [0.25, 0.3) is 0 Å². The van der Waals surface area contributed by atoms with E-state index in [1.807, 2.05) is 0 Å². The third-order valence-electron chi connectivity index (χ3n) is 4.16. The molecule has 0 radical (unpaired) electrons. The standard InChI is InChI=1S/C15H22F2N2/c1-2-11-3-5-19(6-4-11)15(10-18)12-7-13(16)9-14(17)8-12/h7-9,11,15H,2-6,10,18H2,1H3. The quantitative estimate of drug-likeness (QED) is 0.909. The van der Waals surface area contributed by atoms with Crippen molar-refractivity contribution >= 4 is 0 Å². The topological polar surface area (TPSA) is 29.3 Å². The number of nitrogens with two attached hydrogens (primary N) is 1. The maximum Gasteiger partial charge on any atom is 0.126 e. The molecule has 2 nitrogen and oxygen atoms in total. The zero-order valence-corrected chi connectivity index (χ0v) is 11.4. The second-order valence-corrected chi connectivity index (χ2v) is 5.34. The van der Waals surface area contributed by atoms with Crippen LogP contribution < -0.4 is 5.73 Å². The first-order valence-electron chi connectivity index (χ1n) is 7.04. The lowest BCUT2D eigenvalue weighted by atomic mass is 9.92. The molecule has 1 heterocycles. The lowest BCUT2D eigenvalue weighted by Gasteiger charge is -2.37. The summed E-state index contributed by atoms with van der Waals surface area (Å²) in [5.41, 5.74) is 6.46. The molecule has 1 aliphatic heterocycles. The maximum atomic E-state index is 13.3. The average Bonchev–Trinajstić information content (AvgIpc) is 2.39. The SMILES string of the molecule is CCC1CCN(C(CN)c2cc(F)cc(F)c2)CC1. The van der Waals surface area contributed by atoms with Gasteiger partial charge in [0.15, 0.2) is 0 Å².